The number of urea groups is 1. The Morgan fingerprint density at radius 3 is 2.91 bits per heavy atom. The van der Waals surface area contributed by atoms with E-state index >= 15 is 0 Å². The summed E-state index contributed by atoms with van der Waals surface area (Å²) in [5.41, 5.74) is 0. The number of carbonyl (C=O) groups excluding carboxylic acids is 2. The molecule has 7 nitrogen and oxygen atoms in total. The molecule has 0 atom stereocenters. The van der Waals surface area contributed by atoms with Crippen LogP contribution in [-0.2, 0) is 18.3 Å². The number of hydrogen-bond acceptors (Lipinski definition) is 6. The standard InChI is InChI=1S/C13H17N5O2S2/c1-3-14-12(20)15-11(19)8-22-13-17-16-10(18(13)2)7-9-5-4-6-21-9/h4-6H,3,7-8H2,1-2H3,(H2,14,15,19,20). The molecule has 0 unspecified atom stereocenters. The fraction of sp³-hybridized carbons (Fsp3) is 0.385. The van der Waals surface area contributed by atoms with Gasteiger partial charge in [-0.15, -0.1) is 21.5 Å². The molecule has 0 aliphatic rings. The lowest BCUT2D eigenvalue weighted by Crippen LogP contribution is -2.40. The van der Waals surface area contributed by atoms with Crippen LogP contribution >= 0.6 is 23.1 Å². The molecule has 0 bridgehead atoms. The molecule has 0 aromatic carbocycles. The van der Waals surface area contributed by atoms with Gasteiger partial charge in [0, 0.05) is 24.9 Å². The summed E-state index contributed by atoms with van der Waals surface area (Å²) in [4.78, 5) is 24.1. The van der Waals surface area contributed by atoms with Crippen molar-refractivity contribution in [1.29, 1.82) is 0 Å². The zero-order chi connectivity index (χ0) is 15.9. The Hall–Kier alpha value is -1.87. The summed E-state index contributed by atoms with van der Waals surface area (Å²) in [7, 11) is 1.87. The molecule has 0 radical (unpaired) electrons. The van der Waals surface area contributed by atoms with E-state index in [2.05, 4.69) is 20.8 Å². The second kappa shape index (κ2) is 7.95. The van der Waals surface area contributed by atoms with Crippen LogP contribution in [0.3, 0.4) is 0 Å². The topological polar surface area (TPSA) is 88.9 Å². The number of carbonyl (C=O) groups is 2. The minimum atomic E-state index is -0.482. The van der Waals surface area contributed by atoms with E-state index in [1.165, 1.54) is 16.6 Å². The lowest BCUT2D eigenvalue weighted by atomic mass is 10.3. The number of hydrogen-bond donors (Lipinski definition) is 2. The molecule has 2 heterocycles. The number of nitrogens with zero attached hydrogens (tertiary/aromatic N) is 3. The summed E-state index contributed by atoms with van der Waals surface area (Å²) in [5, 5.41) is 15.7. The van der Waals surface area contributed by atoms with E-state index in [4.69, 9.17) is 0 Å². The molecule has 3 amide bonds. The highest BCUT2D eigenvalue weighted by Crippen LogP contribution is 2.18. The van der Waals surface area contributed by atoms with Crippen LogP contribution in [0.2, 0.25) is 0 Å². The van der Waals surface area contributed by atoms with Gasteiger partial charge in [0.2, 0.25) is 5.91 Å². The average Bonchev–Trinajstić information content (AvgIpc) is 3.09. The highest BCUT2D eigenvalue weighted by molar-refractivity contribution is 7.99. The van der Waals surface area contributed by atoms with Crippen molar-refractivity contribution in [3.63, 3.8) is 0 Å². The molecule has 2 aromatic heterocycles. The van der Waals surface area contributed by atoms with Crippen LogP contribution in [0.1, 0.15) is 17.6 Å². The van der Waals surface area contributed by atoms with Crippen molar-refractivity contribution in [3.8, 4) is 0 Å². The van der Waals surface area contributed by atoms with Gasteiger partial charge >= 0.3 is 6.03 Å². The van der Waals surface area contributed by atoms with Gasteiger partial charge in [0.1, 0.15) is 5.82 Å². The van der Waals surface area contributed by atoms with Crippen LogP contribution in [0.5, 0.6) is 0 Å². The normalized spacial score (nSPS) is 10.5. The fourth-order valence-electron chi connectivity index (χ4n) is 1.69. The SMILES string of the molecule is CCNC(=O)NC(=O)CSc1nnc(Cc2cccs2)n1C. The van der Waals surface area contributed by atoms with Crippen LogP contribution < -0.4 is 10.6 Å². The van der Waals surface area contributed by atoms with Crippen LogP contribution in [0.4, 0.5) is 4.79 Å². The van der Waals surface area contributed by atoms with Gasteiger partial charge in [-0.2, -0.15) is 0 Å². The molecule has 2 aromatic rings. The van der Waals surface area contributed by atoms with E-state index in [1.54, 1.807) is 18.3 Å². The number of amides is 3. The van der Waals surface area contributed by atoms with Crippen LogP contribution in [-0.4, -0.2) is 39.0 Å². The third kappa shape index (κ3) is 4.57. The Bertz CT molecular complexity index is 639. The van der Waals surface area contributed by atoms with Crippen molar-refractivity contribution in [3.05, 3.63) is 28.2 Å². The van der Waals surface area contributed by atoms with Gasteiger partial charge < -0.3 is 9.88 Å². The highest BCUT2D eigenvalue weighted by Gasteiger charge is 2.13. The molecule has 0 spiro atoms. The maximum absolute atomic E-state index is 11.6. The van der Waals surface area contributed by atoms with Crippen molar-refractivity contribution in [2.75, 3.05) is 12.3 Å². The molecule has 0 fully saturated rings. The predicted octanol–water partition coefficient (Wildman–Crippen LogP) is 1.41. The first-order valence-corrected chi connectivity index (χ1v) is 8.57. The Morgan fingerprint density at radius 1 is 1.41 bits per heavy atom. The summed E-state index contributed by atoms with van der Waals surface area (Å²) >= 11 is 2.92. The van der Waals surface area contributed by atoms with Gasteiger partial charge in [-0.05, 0) is 18.4 Å². The maximum atomic E-state index is 11.6. The van der Waals surface area contributed by atoms with E-state index in [9.17, 15) is 9.59 Å². The third-order valence-corrected chi connectivity index (χ3v) is 4.66. The van der Waals surface area contributed by atoms with Crippen LogP contribution in [0.15, 0.2) is 22.7 Å². The Kier molecular flexibility index (Phi) is 5.96. The van der Waals surface area contributed by atoms with Gasteiger partial charge in [0.25, 0.3) is 0 Å². The quantitative estimate of drug-likeness (QED) is 0.777. The van der Waals surface area contributed by atoms with E-state index < -0.39 is 6.03 Å². The summed E-state index contributed by atoms with van der Waals surface area (Å²) in [5.74, 6) is 0.593. The summed E-state index contributed by atoms with van der Waals surface area (Å²) in [6.45, 7) is 2.26. The Balaban J connectivity index is 1.87. The predicted molar refractivity (Wildman–Crippen MR) is 86.1 cm³/mol. The van der Waals surface area contributed by atoms with Crippen molar-refractivity contribution in [1.82, 2.24) is 25.4 Å². The lowest BCUT2D eigenvalue weighted by Gasteiger charge is -2.05. The first-order chi connectivity index (χ1) is 10.6. The van der Waals surface area contributed by atoms with Gasteiger partial charge in [-0.1, -0.05) is 17.8 Å². The average molecular weight is 339 g/mol. The molecule has 118 valence electrons. The van der Waals surface area contributed by atoms with E-state index in [-0.39, 0.29) is 11.7 Å². The van der Waals surface area contributed by atoms with Gasteiger partial charge in [0.15, 0.2) is 5.16 Å². The summed E-state index contributed by atoms with van der Waals surface area (Å²) in [6.07, 6.45) is 0.715. The third-order valence-electron chi connectivity index (χ3n) is 2.76. The number of aromatic nitrogens is 3. The van der Waals surface area contributed by atoms with Gasteiger partial charge in [-0.25, -0.2) is 4.79 Å². The number of thioether (sulfide) groups is 1. The zero-order valence-electron chi connectivity index (χ0n) is 12.3. The van der Waals surface area contributed by atoms with Gasteiger partial charge in [-0.3, -0.25) is 10.1 Å². The molecular weight excluding hydrogens is 322 g/mol. The molecule has 0 aliphatic carbocycles. The number of nitrogens with one attached hydrogen (secondary N) is 2. The second-order valence-electron chi connectivity index (χ2n) is 4.41. The Morgan fingerprint density at radius 2 is 2.23 bits per heavy atom. The van der Waals surface area contributed by atoms with E-state index in [1.807, 2.05) is 29.1 Å². The lowest BCUT2D eigenvalue weighted by molar-refractivity contribution is -0.117. The Labute approximate surface area is 136 Å². The minimum Gasteiger partial charge on any atom is -0.338 e. The van der Waals surface area contributed by atoms with Crippen molar-refractivity contribution in [2.45, 2.75) is 18.5 Å². The van der Waals surface area contributed by atoms with Crippen molar-refractivity contribution < 1.29 is 9.59 Å². The largest absolute Gasteiger partial charge is 0.338 e. The number of thiophene rings is 1. The first kappa shape index (κ1) is 16.5. The molecular formula is C13H17N5O2S2. The molecule has 22 heavy (non-hydrogen) atoms. The molecule has 0 saturated heterocycles. The van der Waals surface area contributed by atoms with E-state index in [0.717, 1.165) is 5.82 Å². The maximum Gasteiger partial charge on any atom is 0.321 e. The molecule has 0 saturated carbocycles. The molecule has 9 heteroatoms. The van der Waals surface area contributed by atoms with Crippen LogP contribution in [0.25, 0.3) is 0 Å². The van der Waals surface area contributed by atoms with Gasteiger partial charge in [0.05, 0.1) is 5.75 Å². The minimum absolute atomic E-state index is 0.113. The number of rotatable bonds is 6. The molecule has 0 aliphatic heterocycles. The summed E-state index contributed by atoms with van der Waals surface area (Å²) < 4.78 is 1.86. The van der Waals surface area contributed by atoms with E-state index in [0.29, 0.717) is 18.1 Å². The second-order valence-corrected chi connectivity index (χ2v) is 6.39. The molecule has 2 N–H and O–H groups in total. The fourth-order valence-corrected chi connectivity index (χ4v) is 3.12. The summed E-state index contributed by atoms with van der Waals surface area (Å²) in [6, 6.07) is 3.56. The van der Waals surface area contributed by atoms with Crippen molar-refractivity contribution in [2.24, 2.45) is 7.05 Å². The monoisotopic (exact) mass is 339 g/mol. The molecule has 2 rings (SSSR count). The van der Waals surface area contributed by atoms with Crippen LogP contribution in [0, 0.1) is 0 Å². The zero-order valence-corrected chi connectivity index (χ0v) is 14.0. The van der Waals surface area contributed by atoms with Crippen molar-refractivity contribution >= 4 is 35.0 Å². The smallest absolute Gasteiger partial charge is 0.321 e. The number of imide groups is 1. The first-order valence-electron chi connectivity index (χ1n) is 6.71. The highest BCUT2D eigenvalue weighted by atomic mass is 32.2.